The monoisotopic (exact) mass is 251 g/mol. The first-order chi connectivity index (χ1) is 8.62. The summed E-state index contributed by atoms with van der Waals surface area (Å²) in [6.07, 6.45) is 1.42. The molecule has 0 atom stereocenters. The molecule has 4 nitrogen and oxygen atoms in total. The maximum absolute atomic E-state index is 11.3. The molecule has 1 amide bonds. The van der Waals surface area contributed by atoms with Crippen molar-refractivity contribution in [1.29, 1.82) is 0 Å². The van der Waals surface area contributed by atoms with Gasteiger partial charge in [-0.2, -0.15) is 0 Å². The second kappa shape index (κ2) is 6.89. The number of rotatable bonds is 5. The molecule has 0 aliphatic carbocycles. The first kappa shape index (κ1) is 14.4. The molecule has 0 radical (unpaired) electrons. The molecule has 0 saturated heterocycles. The number of likely N-dealkylation sites (N-methyl/N-ethyl adjacent to an activating group) is 1. The fourth-order valence-electron chi connectivity index (χ4n) is 1.78. The minimum Gasteiger partial charge on any atom is -0.496 e. The van der Waals surface area contributed by atoms with Crippen LogP contribution in [0, 0.1) is 0 Å². The number of ether oxygens (including phenoxy) is 2. The molecule has 0 saturated carbocycles. The van der Waals surface area contributed by atoms with Crippen molar-refractivity contribution in [2.24, 2.45) is 0 Å². The fourth-order valence-corrected chi connectivity index (χ4v) is 1.78. The number of benzene rings is 1. The maximum atomic E-state index is 11.3. The molecule has 0 aromatic heterocycles. The second-order valence-corrected chi connectivity index (χ2v) is 4.14. The SMILES string of the molecule is CCc1ccc(OC)c(CCN(C)C(=O)OC)c1. The molecular weight excluding hydrogens is 230 g/mol. The molecule has 1 rings (SSSR count). The number of carbonyl (C=O) groups excluding carboxylic acids is 1. The van der Waals surface area contributed by atoms with Crippen LogP contribution in [0.5, 0.6) is 5.75 Å². The van der Waals surface area contributed by atoms with E-state index in [0.29, 0.717) is 6.54 Å². The van der Waals surface area contributed by atoms with Gasteiger partial charge in [0.05, 0.1) is 14.2 Å². The molecule has 1 aromatic rings. The summed E-state index contributed by atoms with van der Waals surface area (Å²) in [5.41, 5.74) is 2.39. The lowest BCUT2D eigenvalue weighted by Crippen LogP contribution is -2.28. The van der Waals surface area contributed by atoms with E-state index in [-0.39, 0.29) is 6.09 Å². The van der Waals surface area contributed by atoms with Gasteiger partial charge in [0.2, 0.25) is 0 Å². The van der Waals surface area contributed by atoms with Crippen molar-refractivity contribution in [2.45, 2.75) is 19.8 Å². The largest absolute Gasteiger partial charge is 0.496 e. The Morgan fingerprint density at radius 3 is 2.61 bits per heavy atom. The highest BCUT2D eigenvalue weighted by molar-refractivity contribution is 5.66. The lowest BCUT2D eigenvalue weighted by Gasteiger charge is -2.16. The lowest BCUT2D eigenvalue weighted by molar-refractivity contribution is 0.134. The third kappa shape index (κ3) is 3.65. The summed E-state index contributed by atoms with van der Waals surface area (Å²) in [7, 11) is 4.77. The Bertz CT molecular complexity index is 404. The average Bonchev–Trinajstić information content (AvgIpc) is 2.43. The summed E-state index contributed by atoms with van der Waals surface area (Å²) in [4.78, 5) is 12.8. The van der Waals surface area contributed by atoms with Gasteiger partial charge in [0, 0.05) is 13.6 Å². The van der Waals surface area contributed by atoms with Crippen LogP contribution >= 0.6 is 0 Å². The molecule has 0 bridgehead atoms. The van der Waals surface area contributed by atoms with E-state index in [1.807, 2.05) is 6.07 Å². The van der Waals surface area contributed by atoms with Crippen molar-refractivity contribution in [3.05, 3.63) is 29.3 Å². The Morgan fingerprint density at radius 2 is 2.06 bits per heavy atom. The highest BCUT2D eigenvalue weighted by atomic mass is 16.5. The predicted molar refractivity (Wildman–Crippen MR) is 71.1 cm³/mol. The van der Waals surface area contributed by atoms with Crippen molar-refractivity contribution in [1.82, 2.24) is 4.90 Å². The molecule has 1 aromatic carbocycles. The molecule has 0 aliphatic rings. The Hall–Kier alpha value is -1.71. The third-order valence-corrected chi connectivity index (χ3v) is 2.96. The van der Waals surface area contributed by atoms with E-state index >= 15 is 0 Å². The summed E-state index contributed by atoms with van der Waals surface area (Å²) in [6.45, 7) is 2.72. The number of hydrogen-bond donors (Lipinski definition) is 0. The van der Waals surface area contributed by atoms with Crippen LogP contribution in [0.4, 0.5) is 4.79 Å². The third-order valence-electron chi connectivity index (χ3n) is 2.96. The van der Waals surface area contributed by atoms with Gasteiger partial charge in [-0.1, -0.05) is 19.1 Å². The first-order valence-electron chi connectivity index (χ1n) is 6.07. The summed E-state index contributed by atoms with van der Waals surface area (Å²) in [6, 6.07) is 6.17. The standard InChI is InChI=1S/C14H21NO3/c1-5-11-6-7-13(17-3)12(10-11)8-9-15(2)14(16)18-4/h6-7,10H,5,8-9H2,1-4H3. The van der Waals surface area contributed by atoms with Gasteiger partial charge >= 0.3 is 6.09 Å². The molecule has 0 fully saturated rings. The molecule has 0 aliphatic heterocycles. The fraction of sp³-hybridized carbons (Fsp3) is 0.500. The van der Waals surface area contributed by atoms with Gasteiger partial charge in [0.15, 0.2) is 0 Å². The van der Waals surface area contributed by atoms with Crippen molar-refractivity contribution < 1.29 is 14.3 Å². The number of methoxy groups -OCH3 is 2. The zero-order valence-electron chi connectivity index (χ0n) is 11.5. The van der Waals surface area contributed by atoms with Gasteiger partial charge in [-0.15, -0.1) is 0 Å². The number of amides is 1. The Morgan fingerprint density at radius 1 is 1.33 bits per heavy atom. The summed E-state index contributed by atoms with van der Waals surface area (Å²) >= 11 is 0. The van der Waals surface area contributed by atoms with Crippen LogP contribution in [-0.4, -0.2) is 38.8 Å². The van der Waals surface area contributed by atoms with Crippen molar-refractivity contribution >= 4 is 6.09 Å². The summed E-state index contributed by atoms with van der Waals surface area (Å²) in [5.74, 6) is 0.866. The maximum Gasteiger partial charge on any atom is 0.409 e. The van der Waals surface area contributed by atoms with E-state index in [1.54, 1.807) is 19.1 Å². The number of carbonyl (C=O) groups is 1. The van der Waals surface area contributed by atoms with Crippen LogP contribution in [0.25, 0.3) is 0 Å². The molecule has 0 unspecified atom stereocenters. The van der Waals surface area contributed by atoms with Crippen LogP contribution in [0.2, 0.25) is 0 Å². The van der Waals surface area contributed by atoms with Crippen LogP contribution < -0.4 is 4.74 Å². The van der Waals surface area contributed by atoms with Gasteiger partial charge < -0.3 is 14.4 Å². The normalized spacial score (nSPS) is 10.0. The Kier molecular flexibility index (Phi) is 5.49. The van der Waals surface area contributed by atoms with E-state index < -0.39 is 0 Å². The molecule has 18 heavy (non-hydrogen) atoms. The van der Waals surface area contributed by atoms with E-state index in [0.717, 1.165) is 24.2 Å². The molecule has 4 heteroatoms. The molecule has 100 valence electrons. The molecule has 0 heterocycles. The Labute approximate surface area is 108 Å². The average molecular weight is 251 g/mol. The molecular formula is C14H21NO3. The minimum absolute atomic E-state index is 0.319. The van der Waals surface area contributed by atoms with Crippen molar-refractivity contribution in [3.63, 3.8) is 0 Å². The van der Waals surface area contributed by atoms with Gasteiger partial charge in [-0.05, 0) is 30.0 Å². The van der Waals surface area contributed by atoms with Gasteiger partial charge in [0.1, 0.15) is 5.75 Å². The van der Waals surface area contributed by atoms with E-state index in [1.165, 1.54) is 12.7 Å². The Balaban J connectivity index is 2.73. The predicted octanol–water partition coefficient (Wildman–Crippen LogP) is 2.50. The number of nitrogens with zero attached hydrogens (tertiary/aromatic N) is 1. The van der Waals surface area contributed by atoms with E-state index in [9.17, 15) is 4.79 Å². The quantitative estimate of drug-likeness (QED) is 0.807. The molecule has 0 N–H and O–H groups in total. The number of aryl methyl sites for hydroxylation is 1. The van der Waals surface area contributed by atoms with Gasteiger partial charge in [0.25, 0.3) is 0 Å². The topological polar surface area (TPSA) is 38.8 Å². The van der Waals surface area contributed by atoms with Gasteiger partial charge in [-0.3, -0.25) is 0 Å². The summed E-state index contributed by atoms with van der Waals surface area (Å²) in [5, 5.41) is 0. The first-order valence-corrected chi connectivity index (χ1v) is 6.07. The van der Waals surface area contributed by atoms with Crippen LogP contribution in [0.1, 0.15) is 18.1 Å². The highest BCUT2D eigenvalue weighted by Crippen LogP contribution is 2.21. The molecule has 0 spiro atoms. The van der Waals surface area contributed by atoms with Crippen molar-refractivity contribution in [2.75, 3.05) is 27.8 Å². The van der Waals surface area contributed by atoms with Crippen LogP contribution in [-0.2, 0) is 17.6 Å². The van der Waals surface area contributed by atoms with Crippen LogP contribution in [0.15, 0.2) is 18.2 Å². The van der Waals surface area contributed by atoms with Crippen molar-refractivity contribution in [3.8, 4) is 5.75 Å². The zero-order chi connectivity index (χ0) is 13.5. The minimum atomic E-state index is -0.319. The lowest BCUT2D eigenvalue weighted by atomic mass is 10.1. The smallest absolute Gasteiger partial charge is 0.409 e. The van der Waals surface area contributed by atoms with Gasteiger partial charge in [-0.25, -0.2) is 4.79 Å². The van der Waals surface area contributed by atoms with E-state index in [4.69, 9.17) is 4.74 Å². The second-order valence-electron chi connectivity index (χ2n) is 4.14. The highest BCUT2D eigenvalue weighted by Gasteiger charge is 2.10. The number of hydrogen-bond acceptors (Lipinski definition) is 3. The summed E-state index contributed by atoms with van der Waals surface area (Å²) < 4.78 is 9.99. The van der Waals surface area contributed by atoms with E-state index in [2.05, 4.69) is 23.8 Å². The zero-order valence-corrected chi connectivity index (χ0v) is 11.5. The van der Waals surface area contributed by atoms with Crippen LogP contribution in [0.3, 0.4) is 0 Å².